The normalized spacial score (nSPS) is 20.9. The van der Waals surface area contributed by atoms with Gasteiger partial charge in [-0.1, -0.05) is 36.8 Å². The number of benzene rings is 1. The lowest BCUT2D eigenvalue weighted by Crippen LogP contribution is -2.38. The molecule has 0 saturated heterocycles. The van der Waals surface area contributed by atoms with Crippen LogP contribution in [-0.4, -0.2) is 47.7 Å². The average Bonchev–Trinajstić information content (AvgIpc) is 3.14. The van der Waals surface area contributed by atoms with Crippen LogP contribution in [0.3, 0.4) is 0 Å². The van der Waals surface area contributed by atoms with Crippen molar-refractivity contribution in [1.82, 2.24) is 15.5 Å². The first-order valence-electron chi connectivity index (χ1n) is 12.6. The van der Waals surface area contributed by atoms with E-state index in [1.54, 1.807) is 0 Å². The van der Waals surface area contributed by atoms with E-state index in [2.05, 4.69) is 22.8 Å². The second kappa shape index (κ2) is 13.1. The summed E-state index contributed by atoms with van der Waals surface area (Å²) in [4.78, 5) is 49.3. The summed E-state index contributed by atoms with van der Waals surface area (Å²) in [7, 11) is 0. The number of imide groups is 1. The molecule has 1 aliphatic carbocycles. The van der Waals surface area contributed by atoms with Gasteiger partial charge in [0.15, 0.2) is 0 Å². The van der Waals surface area contributed by atoms with Crippen LogP contribution in [-0.2, 0) is 25.6 Å². The topological polar surface area (TPSA) is 95.6 Å². The third-order valence-corrected chi connectivity index (χ3v) is 6.73. The van der Waals surface area contributed by atoms with Crippen molar-refractivity contribution >= 4 is 23.6 Å². The highest BCUT2D eigenvalue weighted by Crippen LogP contribution is 2.30. The van der Waals surface area contributed by atoms with Crippen LogP contribution in [0, 0.1) is 11.8 Å². The van der Waals surface area contributed by atoms with Gasteiger partial charge in [-0.3, -0.25) is 24.1 Å². The van der Waals surface area contributed by atoms with Crippen LogP contribution < -0.4 is 10.6 Å². The molecule has 34 heavy (non-hydrogen) atoms. The summed E-state index contributed by atoms with van der Waals surface area (Å²) in [5.41, 5.74) is 1.22. The molecule has 0 bridgehead atoms. The van der Waals surface area contributed by atoms with Gasteiger partial charge in [0.05, 0.1) is 0 Å². The number of hydrogen-bond acceptors (Lipinski definition) is 4. The Balaban J connectivity index is 1.20. The Morgan fingerprint density at radius 3 is 2.32 bits per heavy atom. The second-order valence-corrected chi connectivity index (χ2v) is 9.60. The van der Waals surface area contributed by atoms with Gasteiger partial charge in [-0.15, -0.1) is 0 Å². The maximum absolute atomic E-state index is 12.5. The molecule has 2 aliphatic rings. The molecule has 1 heterocycles. The molecule has 1 fully saturated rings. The van der Waals surface area contributed by atoms with E-state index in [1.165, 1.54) is 22.6 Å². The van der Waals surface area contributed by atoms with E-state index in [1.807, 2.05) is 25.1 Å². The van der Waals surface area contributed by atoms with Gasteiger partial charge in [0.2, 0.25) is 11.8 Å². The maximum atomic E-state index is 12.5. The lowest BCUT2D eigenvalue weighted by Gasteiger charge is -2.30. The SMILES string of the molecule is CC(Cc1ccccc1)NC(=O)CCCCCNC(=O)C1CCC(CN2C(=O)C=CC2=O)CC1. The predicted octanol–water partition coefficient (Wildman–Crippen LogP) is 3.14. The van der Waals surface area contributed by atoms with E-state index in [9.17, 15) is 19.2 Å². The van der Waals surface area contributed by atoms with E-state index in [0.29, 0.717) is 19.5 Å². The number of carbonyl (C=O) groups excluding carboxylic acids is 4. The molecule has 184 valence electrons. The minimum absolute atomic E-state index is 0.0104. The van der Waals surface area contributed by atoms with Crippen molar-refractivity contribution < 1.29 is 19.2 Å². The first-order valence-corrected chi connectivity index (χ1v) is 12.6. The van der Waals surface area contributed by atoms with Gasteiger partial charge in [0, 0.05) is 43.6 Å². The van der Waals surface area contributed by atoms with E-state index in [-0.39, 0.29) is 41.5 Å². The van der Waals surface area contributed by atoms with Crippen LogP contribution in [0.4, 0.5) is 0 Å². The average molecular weight is 468 g/mol. The van der Waals surface area contributed by atoms with Crippen molar-refractivity contribution in [1.29, 1.82) is 0 Å². The maximum Gasteiger partial charge on any atom is 0.253 e. The Morgan fingerprint density at radius 1 is 0.971 bits per heavy atom. The zero-order valence-electron chi connectivity index (χ0n) is 20.1. The number of rotatable bonds is 12. The second-order valence-electron chi connectivity index (χ2n) is 9.60. The quantitative estimate of drug-likeness (QED) is 0.365. The van der Waals surface area contributed by atoms with Gasteiger partial charge >= 0.3 is 0 Å². The molecule has 1 atom stereocenters. The molecule has 7 heteroatoms. The number of unbranched alkanes of at least 4 members (excludes halogenated alkanes) is 2. The minimum atomic E-state index is -0.232. The number of amides is 4. The fourth-order valence-electron chi connectivity index (χ4n) is 4.79. The molecule has 1 aliphatic heterocycles. The lowest BCUT2D eigenvalue weighted by molar-refractivity contribution is -0.138. The molecule has 1 saturated carbocycles. The van der Waals surface area contributed by atoms with Gasteiger partial charge in [0.25, 0.3) is 11.8 Å². The Morgan fingerprint density at radius 2 is 1.65 bits per heavy atom. The van der Waals surface area contributed by atoms with Crippen LogP contribution >= 0.6 is 0 Å². The minimum Gasteiger partial charge on any atom is -0.356 e. The number of carbonyl (C=O) groups is 4. The molecule has 3 rings (SSSR count). The standard InChI is InChI=1S/C27H37N3O4/c1-20(18-21-8-4-2-5-9-21)29-24(31)10-6-3-7-17-28-27(34)23-13-11-22(12-14-23)19-30-25(32)15-16-26(30)33/h2,4-5,8-9,15-16,20,22-23H,3,6-7,10-14,17-19H2,1H3,(H,28,34)(H,29,31). The van der Waals surface area contributed by atoms with E-state index >= 15 is 0 Å². The summed E-state index contributed by atoms with van der Waals surface area (Å²) in [6.07, 6.45) is 9.84. The van der Waals surface area contributed by atoms with Crippen LogP contribution in [0.2, 0.25) is 0 Å². The van der Waals surface area contributed by atoms with Crippen LogP contribution in [0.25, 0.3) is 0 Å². The van der Waals surface area contributed by atoms with Crippen LogP contribution in [0.15, 0.2) is 42.5 Å². The predicted molar refractivity (Wildman–Crippen MR) is 131 cm³/mol. The third-order valence-electron chi connectivity index (χ3n) is 6.73. The fraction of sp³-hybridized carbons (Fsp3) is 0.556. The molecular formula is C27H37N3O4. The first kappa shape index (κ1) is 25.7. The van der Waals surface area contributed by atoms with E-state index < -0.39 is 0 Å². The summed E-state index contributed by atoms with van der Waals surface area (Å²) >= 11 is 0. The highest BCUT2D eigenvalue weighted by atomic mass is 16.2. The molecular weight excluding hydrogens is 430 g/mol. The summed E-state index contributed by atoms with van der Waals surface area (Å²) in [6, 6.07) is 10.2. The van der Waals surface area contributed by atoms with Crippen LogP contribution in [0.1, 0.15) is 63.9 Å². The van der Waals surface area contributed by atoms with Gasteiger partial charge < -0.3 is 10.6 Å². The van der Waals surface area contributed by atoms with E-state index in [4.69, 9.17) is 0 Å². The van der Waals surface area contributed by atoms with Crippen molar-refractivity contribution in [2.75, 3.05) is 13.1 Å². The zero-order chi connectivity index (χ0) is 24.3. The molecule has 2 N–H and O–H groups in total. The molecule has 0 aromatic heterocycles. The Bertz CT molecular complexity index is 857. The summed E-state index contributed by atoms with van der Waals surface area (Å²) in [5, 5.41) is 6.09. The summed E-state index contributed by atoms with van der Waals surface area (Å²) in [5.74, 6) is 0.000918. The molecule has 0 radical (unpaired) electrons. The molecule has 0 spiro atoms. The Kier molecular flexibility index (Phi) is 9.86. The first-order chi connectivity index (χ1) is 16.4. The number of hydrogen-bond donors (Lipinski definition) is 2. The Labute approximate surface area is 202 Å². The molecule has 4 amide bonds. The number of nitrogens with zero attached hydrogens (tertiary/aromatic N) is 1. The van der Waals surface area contributed by atoms with Gasteiger partial charge in [-0.2, -0.15) is 0 Å². The monoisotopic (exact) mass is 467 g/mol. The lowest BCUT2D eigenvalue weighted by atomic mass is 9.81. The van der Waals surface area contributed by atoms with Crippen LogP contribution in [0.5, 0.6) is 0 Å². The molecule has 1 unspecified atom stereocenters. The Hall–Kier alpha value is -2.96. The summed E-state index contributed by atoms with van der Waals surface area (Å²) < 4.78 is 0. The van der Waals surface area contributed by atoms with Gasteiger partial charge in [-0.25, -0.2) is 0 Å². The largest absolute Gasteiger partial charge is 0.356 e. The highest BCUT2D eigenvalue weighted by molar-refractivity contribution is 6.12. The van der Waals surface area contributed by atoms with E-state index in [0.717, 1.165) is 51.4 Å². The van der Waals surface area contributed by atoms with Crippen molar-refractivity contribution in [3.05, 3.63) is 48.0 Å². The third kappa shape index (κ3) is 8.12. The van der Waals surface area contributed by atoms with Gasteiger partial charge in [0.1, 0.15) is 0 Å². The molecule has 1 aromatic rings. The number of nitrogens with one attached hydrogen (secondary N) is 2. The van der Waals surface area contributed by atoms with Gasteiger partial charge in [-0.05, 0) is 63.4 Å². The zero-order valence-corrected chi connectivity index (χ0v) is 20.1. The smallest absolute Gasteiger partial charge is 0.253 e. The molecule has 7 nitrogen and oxygen atoms in total. The van der Waals surface area contributed by atoms with Crippen molar-refractivity contribution in [3.8, 4) is 0 Å². The van der Waals surface area contributed by atoms with Crippen molar-refractivity contribution in [3.63, 3.8) is 0 Å². The highest BCUT2D eigenvalue weighted by Gasteiger charge is 2.31. The van der Waals surface area contributed by atoms with Crippen molar-refractivity contribution in [2.45, 2.75) is 70.8 Å². The fourth-order valence-corrected chi connectivity index (χ4v) is 4.79. The molecule has 1 aromatic carbocycles. The van der Waals surface area contributed by atoms with Crippen molar-refractivity contribution in [2.24, 2.45) is 11.8 Å². The summed E-state index contributed by atoms with van der Waals surface area (Å²) in [6.45, 7) is 3.11.